The molecule has 4 nitrogen and oxygen atoms in total. The molecule has 1 saturated heterocycles. The molecule has 2 atom stereocenters. The van der Waals surface area contributed by atoms with Crippen LogP contribution in [0.25, 0.3) is 0 Å². The van der Waals surface area contributed by atoms with Crippen LogP contribution >= 0.6 is 0 Å². The Morgan fingerprint density at radius 2 is 2.17 bits per heavy atom. The Bertz CT molecular complexity index is 249. The Hall–Kier alpha value is -0.130. The van der Waals surface area contributed by atoms with Crippen molar-refractivity contribution in [2.75, 3.05) is 12.3 Å². The largest absolute Gasteiger partial charge is 0.391 e. The summed E-state index contributed by atoms with van der Waals surface area (Å²) in [6.07, 6.45) is 0.0618. The number of rotatable bonds is 2. The van der Waals surface area contributed by atoms with Crippen LogP contribution in [0.15, 0.2) is 0 Å². The van der Waals surface area contributed by atoms with E-state index in [9.17, 15) is 13.5 Å². The lowest BCUT2D eigenvalue weighted by atomic mass is 10.2. The quantitative estimate of drug-likeness (QED) is 0.660. The summed E-state index contributed by atoms with van der Waals surface area (Å²) in [6, 6.07) is -0.255. The van der Waals surface area contributed by atoms with E-state index in [1.54, 1.807) is 13.8 Å². The molecule has 0 aromatic rings. The molecule has 0 radical (unpaired) electrons. The summed E-state index contributed by atoms with van der Waals surface area (Å²) >= 11 is 0. The number of aliphatic hydroxyl groups excluding tert-OH is 1. The van der Waals surface area contributed by atoms with Crippen LogP contribution in [0.1, 0.15) is 20.3 Å². The lowest BCUT2D eigenvalue weighted by Gasteiger charge is -2.20. The maximum atomic E-state index is 11.4. The molecular formula is C7H15NO3S. The lowest BCUT2D eigenvalue weighted by Crippen LogP contribution is -2.38. The zero-order valence-electron chi connectivity index (χ0n) is 7.40. The standard InChI is InChI=1S/C7H15NO3S/c1-3-12(10,11)8-5-4-7(9)6(8)2/h6-7,9H,3-5H2,1-2H3/t6-,7+/m0/s1. The smallest absolute Gasteiger partial charge is 0.214 e. The number of aliphatic hydroxyl groups is 1. The molecule has 1 fully saturated rings. The zero-order valence-corrected chi connectivity index (χ0v) is 8.21. The van der Waals surface area contributed by atoms with Crippen molar-refractivity contribution < 1.29 is 13.5 Å². The second kappa shape index (κ2) is 3.32. The van der Waals surface area contributed by atoms with E-state index in [0.717, 1.165) is 0 Å². The third-order valence-corrected chi connectivity index (χ3v) is 4.34. The van der Waals surface area contributed by atoms with E-state index >= 15 is 0 Å². The first-order valence-electron chi connectivity index (χ1n) is 4.16. The van der Waals surface area contributed by atoms with Crippen molar-refractivity contribution in [3.63, 3.8) is 0 Å². The van der Waals surface area contributed by atoms with E-state index in [0.29, 0.717) is 13.0 Å². The second-order valence-electron chi connectivity index (χ2n) is 3.11. The number of nitrogens with zero attached hydrogens (tertiary/aromatic N) is 1. The molecule has 1 heterocycles. The van der Waals surface area contributed by atoms with Gasteiger partial charge in [-0.25, -0.2) is 8.42 Å². The van der Waals surface area contributed by atoms with Gasteiger partial charge in [0, 0.05) is 12.6 Å². The van der Waals surface area contributed by atoms with Crippen molar-refractivity contribution in [1.29, 1.82) is 0 Å². The van der Waals surface area contributed by atoms with Gasteiger partial charge in [0.1, 0.15) is 0 Å². The second-order valence-corrected chi connectivity index (χ2v) is 5.32. The van der Waals surface area contributed by atoms with Gasteiger partial charge in [-0.1, -0.05) is 0 Å². The Morgan fingerprint density at radius 1 is 1.58 bits per heavy atom. The minimum Gasteiger partial charge on any atom is -0.391 e. The van der Waals surface area contributed by atoms with Crippen molar-refractivity contribution in [3.8, 4) is 0 Å². The highest BCUT2D eigenvalue weighted by molar-refractivity contribution is 7.89. The maximum Gasteiger partial charge on any atom is 0.214 e. The molecule has 1 N–H and O–H groups in total. The molecule has 0 aliphatic carbocycles. The fourth-order valence-electron chi connectivity index (χ4n) is 1.45. The van der Waals surface area contributed by atoms with Crippen molar-refractivity contribution >= 4 is 10.0 Å². The number of hydrogen-bond donors (Lipinski definition) is 1. The van der Waals surface area contributed by atoms with Gasteiger partial charge in [-0.3, -0.25) is 0 Å². The monoisotopic (exact) mass is 193 g/mol. The summed E-state index contributed by atoms with van der Waals surface area (Å²) in [5.74, 6) is 0.115. The average molecular weight is 193 g/mol. The molecule has 0 aromatic carbocycles. The molecule has 0 spiro atoms. The first-order valence-corrected chi connectivity index (χ1v) is 5.77. The van der Waals surface area contributed by atoms with Gasteiger partial charge in [-0.2, -0.15) is 4.31 Å². The molecular weight excluding hydrogens is 178 g/mol. The predicted molar refractivity (Wildman–Crippen MR) is 46.3 cm³/mol. The van der Waals surface area contributed by atoms with E-state index in [-0.39, 0.29) is 11.8 Å². The van der Waals surface area contributed by atoms with Crippen molar-refractivity contribution in [1.82, 2.24) is 4.31 Å². The molecule has 1 rings (SSSR count). The van der Waals surface area contributed by atoms with Crippen molar-refractivity contribution in [2.24, 2.45) is 0 Å². The molecule has 0 bridgehead atoms. The van der Waals surface area contributed by atoms with Crippen LogP contribution in [-0.4, -0.2) is 42.3 Å². The van der Waals surface area contributed by atoms with Crippen molar-refractivity contribution in [2.45, 2.75) is 32.4 Å². The van der Waals surface area contributed by atoms with Crippen LogP contribution in [0.2, 0.25) is 0 Å². The summed E-state index contributed by atoms with van der Waals surface area (Å²) in [5, 5.41) is 9.32. The minimum absolute atomic E-state index is 0.115. The molecule has 5 heteroatoms. The van der Waals surface area contributed by atoms with E-state index < -0.39 is 16.1 Å². The Labute approximate surface area is 73.2 Å². The Kier molecular flexibility index (Phi) is 2.75. The molecule has 0 saturated carbocycles. The minimum atomic E-state index is -3.11. The van der Waals surface area contributed by atoms with Crippen LogP contribution in [0.3, 0.4) is 0 Å². The third kappa shape index (κ3) is 1.62. The highest BCUT2D eigenvalue weighted by Crippen LogP contribution is 2.20. The van der Waals surface area contributed by atoms with Crippen LogP contribution in [-0.2, 0) is 10.0 Å². The fourth-order valence-corrected chi connectivity index (χ4v) is 2.82. The average Bonchev–Trinajstić information content (AvgIpc) is 2.33. The summed E-state index contributed by atoms with van der Waals surface area (Å²) in [6.45, 7) is 3.82. The van der Waals surface area contributed by atoms with Crippen molar-refractivity contribution in [3.05, 3.63) is 0 Å². The fraction of sp³-hybridized carbons (Fsp3) is 1.00. The first kappa shape index (κ1) is 9.95. The predicted octanol–water partition coefficient (Wildman–Crippen LogP) is -0.209. The van der Waals surface area contributed by atoms with Crippen LogP contribution in [0.4, 0.5) is 0 Å². The highest BCUT2D eigenvalue weighted by atomic mass is 32.2. The molecule has 1 aliphatic rings. The van der Waals surface area contributed by atoms with Crippen LogP contribution < -0.4 is 0 Å². The van der Waals surface area contributed by atoms with E-state index in [1.807, 2.05) is 0 Å². The zero-order chi connectivity index (χ0) is 9.35. The van der Waals surface area contributed by atoms with Gasteiger partial charge in [0.15, 0.2) is 0 Å². The normalized spacial score (nSPS) is 32.6. The lowest BCUT2D eigenvalue weighted by molar-refractivity contribution is 0.150. The first-order chi connectivity index (χ1) is 5.49. The third-order valence-electron chi connectivity index (χ3n) is 2.38. The van der Waals surface area contributed by atoms with Gasteiger partial charge in [0.05, 0.1) is 11.9 Å². The van der Waals surface area contributed by atoms with E-state index in [4.69, 9.17) is 0 Å². The van der Waals surface area contributed by atoms with Gasteiger partial charge in [0.25, 0.3) is 0 Å². The molecule has 0 aromatic heterocycles. The van der Waals surface area contributed by atoms with Gasteiger partial charge in [0.2, 0.25) is 10.0 Å². The molecule has 12 heavy (non-hydrogen) atoms. The molecule has 1 aliphatic heterocycles. The van der Waals surface area contributed by atoms with E-state index in [2.05, 4.69) is 0 Å². The Balaban J connectivity index is 2.79. The summed E-state index contributed by atoms with van der Waals surface area (Å²) in [4.78, 5) is 0. The summed E-state index contributed by atoms with van der Waals surface area (Å²) in [5.41, 5.74) is 0. The van der Waals surface area contributed by atoms with Gasteiger partial charge < -0.3 is 5.11 Å². The van der Waals surface area contributed by atoms with E-state index in [1.165, 1.54) is 4.31 Å². The highest BCUT2D eigenvalue weighted by Gasteiger charge is 2.35. The Morgan fingerprint density at radius 3 is 2.50 bits per heavy atom. The van der Waals surface area contributed by atoms with Gasteiger partial charge in [-0.05, 0) is 20.3 Å². The van der Waals surface area contributed by atoms with Crippen LogP contribution in [0.5, 0.6) is 0 Å². The molecule has 72 valence electrons. The van der Waals surface area contributed by atoms with Crippen LogP contribution in [0, 0.1) is 0 Å². The maximum absolute atomic E-state index is 11.4. The topological polar surface area (TPSA) is 57.6 Å². The van der Waals surface area contributed by atoms with Gasteiger partial charge >= 0.3 is 0 Å². The van der Waals surface area contributed by atoms with Gasteiger partial charge in [-0.15, -0.1) is 0 Å². The molecule has 0 unspecified atom stereocenters. The summed E-state index contributed by atoms with van der Waals surface area (Å²) < 4.78 is 24.1. The SMILES string of the molecule is CCS(=O)(=O)N1CC[C@@H](O)[C@@H]1C. The number of hydrogen-bond acceptors (Lipinski definition) is 3. The summed E-state index contributed by atoms with van der Waals surface area (Å²) in [7, 11) is -3.11. The molecule has 0 amide bonds. The number of sulfonamides is 1.